The first-order valence-corrected chi connectivity index (χ1v) is 13.0. The highest BCUT2D eigenvalue weighted by molar-refractivity contribution is 7.92. The molecule has 6 rings (SSSR count). The summed E-state index contributed by atoms with van der Waals surface area (Å²) in [6.45, 7) is 4.69. The van der Waals surface area contributed by atoms with E-state index in [9.17, 15) is 8.42 Å². The van der Waals surface area contributed by atoms with Gasteiger partial charge in [0.05, 0.1) is 23.3 Å². The average Bonchev–Trinajstić information content (AvgIpc) is 3.52. The second kappa shape index (κ2) is 7.79. The van der Waals surface area contributed by atoms with Gasteiger partial charge in [0.1, 0.15) is 11.5 Å². The molecule has 0 unspecified atom stereocenters. The van der Waals surface area contributed by atoms with Crippen LogP contribution in [0.25, 0.3) is 22.2 Å². The van der Waals surface area contributed by atoms with Crippen molar-refractivity contribution in [1.29, 1.82) is 0 Å². The summed E-state index contributed by atoms with van der Waals surface area (Å²) in [4.78, 5) is 11.7. The Balaban J connectivity index is 1.46. The molecular weight excluding hydrogens is 469 g/mol. The van der Waals surface area contributed by atoms with Gasteiger partial charge in [-0.2, -0.15) is 13.5 Å². The van der Waals surface area contributed by atoms with Crippen LogP contribution in [-0.2, 0) is 29.5 Å². The quantitative estimate of drug-likeness (QED) is 0.451. The van der Waals surface area contributed by atoms with Crippen LogP contribution >= 0.6 is 0 Å². The summed E-state index contributed by atoms with van der Waals surface area (Å²) in [6, 6.07) is 5.02. The van der Waals surface area contributed by atoms with Crippen molar-refractivity contribution in [3.8, 4) is 11.1 Å². The molecule has 5 heterocycles. The lowest BCUT2D eigenvalue weighted by Gasteiger charge is -2.22. The number of aromatic nitrogens is 4. The number of aryl methyl sites for hydroxylation is 1. The molecule has 3 aromatic heterocycles. The van der Waals surface area contributed by atoms with Crippen molar-refractivity contribution in [2.45, 2.75) is 31.5 Å². The fraction of sp³-hybridized carbons (Fsp3) is 0.333. The van der Waals surface area contributed by atoms with Crippen LogP contribution in [0.5, 0.6) is 0 Å². The van der Waals surface area contributed by atoms with Gasteiger partial charge in [-0.3, -0.25) is 14.3 Å². The number of likely N-dealkylation sites (N-methyl/N-ethyl adjacent to an activating group) is 2. The maximum Gasteiger partial charge on any atom is 0.281 e. The molecule has 0 bridgehead atoms. The first kappa shape index (κ1) is 22.1. The van der Waals surface area contributed by atoms with E-state index in [-0.39, 0.29) is 10.8 Å². The number of pyridine rings is 1. The van der Waals surface area contributed by atoms with Crippen LogP contribution in [0.1, 0.15) is 16.8 Å². The van der Waals surface area contributed by atoms with Crippen molar-refractivity contribution >= 4 is 32.4 Å². The number of anilines is 2. The lowest BCUT2D eigenvalue weighted by Crippen LogP contribution is -2.30. The molecule has 1 aromatic carbocycles. The molecule has 0 fully saturated rings. The number of hydrogen-bond donors (Lipinski definition) is 2. The van der Waals surface area contributed by atoms with Crippen molar-refractivity contribution in [1.82, 2.24) is 24.6 Å². The average molecular weight is 496 g/mol. The van der Waals surface area contributed by atoms with Crippen LogP contribution in [0.3, 0.4) is 0 Å². The number of halogens is 1. The molecule has 35 heavy (non-hydrogen) atoms. The molecule has 0 radical (unpaired) electrons. The van der Waals surface area contributed by atoms with E-state index in [0.717, 1.165) is 36.5 Å². The first-order valence-electron chi connectivity index (χ1n) is 11.5. The molecular formula is C24H26FN7O2S. The number of benzene rings is 1. The minimum atomic E-state index is -3.99. The van der Waals surface area contributed by atoms with Gasteiger partial charge < -0.3 is 9.88 Å². The summed E-state index contributed by atoms with van der Waals surface area (Å²) in [5.41, 5.74) is 5.22. The van der Waals surface area contributed by atoms with E-state index >= 15 is 4.39 Å². The van der Waals surface area contributed by atoms with Crippen molar-refractivity contribution in [2.24, 2.45) is 0 Å². The van der Waals surface area contributed by atoms with Crippen molar-refractivity contribution in [3.63, 3.8) is 0 Å². The van der Waals surface area contributed by atoms with Crippen molar-refractivity contribution in [2.75, 3.05) is 36.8 Å². The monoisotopic (exact) mass is 495 g/mol. The number of H-pyrrole nitrogens is 1. The lowest BCUT2D eigenvalue weighted by atomic mass is 10.00. The van der Waals surface area contributed by atoms with Crippen molar-refractivity contribution < 1.29 is 12.8 Å². The summed E-state index contributed by atoms with van der Waals surface area (Å²) in [7, 11) is -0.0165. The van der Waals surface area contributed by atoms with Crippen LogP contribution < -0.4 is 9.62 Å². The SMILES string of the molecule is Cc1cnc2[nH]cc(-c3cc4c(cc3F)CCN4C)c2c1NS(=O)(=O)c1cc2n(n1)CCN(C)C2. The van der Waals surface area contributed by atoms with E-state index in [1.807, 2.05) is 20.2 Å². The molecule has 2 aliphatic heterocycles. The van der Waals surface area contributed by atoms with Gasteiger partial charge in [-0.1, -0.05) is 0 Å². The highest BCUT2D eigenvalue weighted by Crippen LogP contribution is 2.40. The molecule has 2 aliphatic rings. The number of rotatable bonds is 4. The Kier molecular flexibility index (Phi) is 4.91. The molecule has 2 N–H and O–H groups in total. The van der Waals surface area contributed by atoms with Gasteiger partial charge >= 0.3 is 0 Å². The standard InChI is InChI=1S/C24H26FN7O2S/c1-14-11-26-24-22(18(12-27-24)17-10-20-15(8-19(17)25)4-5-31(20)3)23(14)29-35(33,34)21-9-16-13-30(2)6-7-32(16)28-21/h8-12H,4-7,13H2,1-3H3,(H2,26,27,29). The Labute approximate surface area is 202 Å². The third-order valence-corrected chi connectivity index (χ3v) is 8.18. The Morgan fingerprint density at radius 3 is 2.77 bits per heavy atom. The number of nitrogens with one attached hydrogen (secondary N) is 2. The van der Waals surface area contributed by atoms with Crippen LogP contribution in [0.4, 0.5) is 15.8 Å². The van der Waals surface area contributed by atoms with Crippen molar-refractivity contribution in [3.05, 3.63) is 53.2 Å². The second-order valence-corrected chi connectivity index (χ2v) is 11.0. The Hall–Kier alpha value is -3.44. The van der Waals surface area contributed by atoms with Crippen LogP contribution in [-0.4, -0.2) is 60.3 Å². The largest absolute Gasteiger partial charge is 0.374 e. The first-order chi connectivity index (χ1) is 16.7. The third kappa shape index (κ3) is 3.57. The zero-order chi connectivity index (χ0) is 24.5. The van der Waals surface area contributed by atoms with Crippen LogP contribution in [0.15, 0.2) is 35.6 Å². The second-order valence-electron chi connectivity index (χ2n) is 9.41. The number of sulfonamides is 1. The number of aromatic amines is 1. The van der Waals surface area contributed by atoms with Crippen LogP contribution in [0, 0.1) is 12.7 Å². The van der Waals surface area contributed by atoms with E-state index in [4.69, 9.17) is 0 Å². The number of nitrogens with zero attached hydrogens (tertiary/aromatic N) is 5. The fourth-order valence-electron chi connectivity index (χ4n) is 5.00. The lowest BCUT2D eigenvalue weighted by molar-refractivity contribution is 0.258. The summed E-state index contributed by atoms with van der Waals surface area (Å²) in [5.74, 6) is -0.346. The smallest absolute Gasteiger partial charge is 0.281 e. The topological polar surface area (TPSA) is 99.2 Å². The minimum absolute atomic E-state index is 0.0328. The summed E-state index contributed by atoms with van der Waals surface area (Å²) in [5, 5.41) is 4.84. The summed E-state index contributed by atoms with van der Waals surface area (Å²) < 4.78 is 46.6. The van der Waals surface area contributed by atoms with Gasteiger partial charge in [0, 0.05) is 62.0 Å². The Bertz CT molecular complexity index is 1590. The van der Waals surface area contributed by atoms with Gasteiger partial charge in [-0.05, 0) is 43.7 Å². The fourth-order valence-corrected chi connectivity index (χ4v) is 6.13. The van der Waals surface area contributed by atoms with E-state index < -0.39 is 10.0 Å². The van der Waals surface area contributed by atoms with Gasteiger partial charge in [-0.25, -0.2) is 9.37 Å². The molecule has 11 heteroatoms. The van der Waals surface area contributed by atoms with Gasteiger partial charge in [0.2, 0.25) is 0 Å². The Morgan fingerprint density at radius 2 is 1.94 bits per heavy atom. The molecule has 0 saturated carbocycles. The van der Waals surface area contributed by atoms with E-state index in [2.05, 4.69) is 29.6 Å². The minimum Gasteiger partial charge on any atom is -0.374 e. The molecule has 0 atom stereocenters. The molecule has 0 amide bonds. The molecule has 182 valence electrons. The maximum atomic E-state index is 15.3. The predicted octanol–water partition coefficient (Wildman–Crippen LogP) is 3.11. The normalized spacial score (nSPS) is 16.1. The molecule has 0 aliphatic carbocycles. The highest BCUT2D eigenvalue weighted by atomic mass is 32.2. The third-order valence-electron chi connectivity index (χ3n) is 6.96. The maximum absolute atomic E-state index is 15.3. The van der Waals surface area contributed by atoms with Gasteiger partial charge in [-0.15, -0.1) is 0 Å². The zero-order valence-corrected chi connectivity index (χ0v) is 20.6. The summed E-state index contributed by atoms with van der Waals surface area (Å²) in [6.07, 6.45) is 4.08. The van der Waals surface area contributed by atoms with E-state index in [0.29, 0.717) is 46.5 Å². The van der Waals surface area contributed by atoms with Gasteiger partial charge in [0.15, 0.2) is 5.03 Å². The number of hydrogen-bond acceptors (Lipinski definition) is 6. The number of fused-ring (bicyclic) bond motifs is 3. The van der Waals surface area contributed by atoms with Crippen LogP contribution in [0.2, 0.25) is 0 Å². The Morgan fingerprint density at radius 1 is 1.11 bits per heavy atom. The summed E-state index contributed by atoms with van der Waals surface area (Å²) >= 11 is 0. The zero-order valence-electron chi connectivity index (χ0n) is 19.8. The predicted molar refractivity (Wildman–Crippen MR) is 133 cm³/mol. The van der Waals surface area contributed by atoms with Gasteiger partial charge in [0.25, 0.3) is 10.0 Å². The highest BCUT2D eigenvalue weighted by Gasteiger charge is 2.27. The molecule has 0 saturated heterocycles. The molecule has 9 nitrogen and oxygen atoms in total. The molecule has 0 spiro atoms. The van der Waals surface area contributed by atoms with E-state index in [1.54, 1.807) is 36.1 Å². The van der Waals surface area contributed by atoms with E-state index in [1.165, 1.54) is 0 Å². The molecule has 4 aromatic rings.